The molecule has 0 aromatic carbocycles. The van der Waals surface area contributed by atoms with Crippen molar-refractivity contribution in [3.63, 3.8) is 0 Å². The Morgan fingerprint density at radius 2 is 3.00 bits per heavy atom. The van der Waals surface area contributed by atoms with Gasteiger partial charge in [-0.05, 0) is 6.92 Å². The SMILES string of the molecule is [2H]n1cnnc1C. The summed E-state index contributed by atoms with van der Waals surface area (Å²) in [5.41, 5.74) is 0. The van der Waals surface area contributed by atoms with Crippen LogP contribution in [0.3, 0.4) is 0 Å². The van der Waals surface area contributed by atoms with E-state index >= 15 is 0 Å². The summed E-state index contributed by atoms with van der Waals surface area (Å²) in [6.45, 7) is 1.72. The predicted molar refractivity (Wildman–Crippen MR) is 21.1 cm³/mol. The van der Waals surface area contributed by atoms with E-state index in [0.29, 0.717) is 5.82 Å². The molecule has 0 unspecified atom stereocenters. The lowest BCUT2D eigenvalue weighted by Gasteiger charge is -1.65. The van der Waals surface area contributed by atoms with Crippen molar-refractivity contribution in [3.05, 3.63) is 12.2 Å². The van der Waals surface area contributed by atoms with Crippen molar-refractivity contribution in [2.24, 2.45) is 0 Å². The summed E-state index contributed by atoms with van der Waals surface area (Å²) >= 11 is 0. The highest BCUT2D eigenvalue weighted by molar-refractivity contribution is 4.70. The van der Waals surface area contributed by atoms with Crippen LogP contribution in [0.25, 0.3) is 0 Å². The number of aromatic nitrogens is 3. The summed E-state index contributed by atoms with van der Waals surface area (Å²) in [7, 11) is 0. The third-order valence-corrected chi connectivity index (χ3v) is 0.499. The Hall–Kier alpha value is -0.860. The van der Waals surface area contributed by atoms with Gasteiger partial charge < -0.3 is 4.98 Å². The van der Waals surface area contributed by atoms with E-state index in [-0.39, 0.29) is 0 Å². The Labute approximate surface area is 36.9 Å². The molecular weight excluding hydrogens is 78.1 g/mol. The standard InChI is InChI=1S/C3H5N3/c1-3-4-2-5-6-3/h2H,1H3,(H,4,5,6)/i/hD. The van der Waals surface area contributed by atoms with Crippen LogP contribution in [0.4, 0.5) is 0 Å². The maximum absolute atomic E-state index is 6.89. The van der Waals surface area contributed by atoms with Crippen LogP contribution in [0.2, 0.25) is 1.41 Å². The smallest absolute Gasteiger partial charge is 0.169 e. The van der Waals surface area contributed by atoms with Crippen molar-refractivity contribution in [3.8, 4) is 0 Å². The van der Waals surface area contributed by atoms with Gasteiger partial charge in [-0.15, -0.1) is 10.2 Å². The molecule has 0 aliphatic heterocycles. The van der Waals surface area contributed by atoms with Gasteiger partial charge in [0.2, 0.25) is 0 Å². The molecule has 0 amide bonds. The number of nitrogens with zero attached hydrogens (tertiary/aromatic N) is 2. The summed E-state index contributed by atoms with van der Waals surface area (Å²) in [5.74, 6) is 0.611. The van der Waals surface area contributed by atoms with Crippen LogP contribution >= 0.6 is 0 Å². The third-order valence-electron chi connectivity index (χ3n) is 0.499. The van der Waals surface area contributed by atoms with Gasteiger partial charge >= 0.3 is 0 Å². The summed E-state index contributed by atoms with van der Waals surface area (Å²) in [4.78, 5) is 1.11. The van der Waals surface area contributed by atoms with Crippen molar-refractivity contribution in [1.82, 2.24) is 15.2 Å². The molecule has 0 atom stereocenters. The Kier molecular flexibility index (Phi) is 0.422. The molecule has 3 nitrogen and oxygen atoms in total. The summed E-state index contributed by atoms with van der Waals surface area (Å²) in [5, 5.41) is 6.99. The quantitative estimate of drug-likeness (QED) is 0.485. The number of aromatic amines is 1. The number of hydrogen-bond acceptors (Lipinski definition) is 2. The Morgan fingerprint density at radius 1 is 2.17 bits per heavy atom. The summed E-state index contributed by atoms with van der Waals surface area (Å²) < 4.78 is 6.89. The lowest BCUT2D eigenvalue weighted by atomic mass is 10.8. The monoisotopic (exact) mass is 84.1 g/mol. The van der Waals surface area contributed by atoms with Gasteiger partial charge in [0.15, 0.2) is 1.41 Å². The van der Waals surface area contributed by atoms with Crippen molar-refractivity contribution in [2.75, 3.05) is 0 Å². The van der Waals surface area contributed by atoms with Crippen LogP contribution in [0.5, 0.6) is 0 Å². The minimum absolute atomic E-state index is 0.611. The first-order valence-corrected chi connectivity index (χ1v) is 1.66. The lowest BCUT2D eigenvalue weighted by Crippen LogP contribution is -1.68. The van der Waals surface area contributed by atoms with Gasteiger partial charge in [0.05, 0.1) is 0 Å². The largest absolute Gasteiger partial charge is 0.332 e. The van der Waals surface area contributed by atoms with Crippen LogP contribution in [-0.4, -0.2) is 15.2 Å². The molecule has 6 heavy (non-hydrogen) atoms. The van der Waals surface area contributed by atoms with E-state index in [2.05, 4.69) is 10.2 Å². The van der Waals surface area contributed by atoms with Crippen LogP contribution in [0.1, 0.15) is 5.82 Å². The molecular formula is C3H5N3. The fourth-order valence-electron chi connectivity index (χ4n) is 0.245. The van der Waals surface area contributed by atoms with E-state index < -0.39 is 0 Å². The lowest BCUT2D eigenvalue weighted by molar-refractivity contribution is 1.04. The van der Waals surface area contributed by atoms with Crippen LogP contribution in [-0.2, 0) is 0 Å². The molecule has 0 saturated heterocycles. The van der Waals surface area contributed by atoms with Crippen molar-refractivity contribution >= 4 is 0 Å². The van der Waals surface area contributed by atoms with Gasteiger partial charge in [-0.1, -0.05) is 0 Å². The van der Waals surface area contributed by atoms with Crippen molar-refractivity contribution in [2.45, 2.75) is 6.92 Å². The molecule has 0 bridgehead atoms. The van der Waals surface area contributed by atoms with Crippen LogP contribution in [0, 0.1) is 6.92 Å². The average Bonchev–Trinajstić information content (AvgIpc) is 1.91. The number of nitrogens with one attached hydrogen (secondary N) is 1. The predicted octanol–water partition coefficient (Wildman–Crippen LogP) is 0.113. The fourth-order valence-corrected chi connectivity index (χ4v) is 0.245. The normalized spacial score (nSPS) is 11.2. The van der Waals surface area contributed by atoms with E-state index in [0.717, 1.165) is 4.98 Å². The second-order valence-corrected chi connectivity index (χ2v) is 1.01. The Morgan fingerprint density at radius 3 is 3.17 bits per heavy atom. The molecule has 0 fully saturated rings. The molecule has 1 aromatic rings. The van der Waals surface area contributed by atoms with Gasteiger partial charge in [-0.3, -0.25) is 0 Å². The van der Waals surface area contributed by atoms with Crippen LogP contribution in [0.15, 0.2) is 6.33 Å². The van der Waals surface area contributed by atoms with E-state index in [1.807, 2.05) is 0 Å². The van der Waals surface area contributed by atoms with E-state index in [9.17, 15) is 0 Å². The second kappa shape index (κ2) is 1.08. The van der Waals surface area contributed by atoms with E-state index in [4.69, 9.17) is 1.41 Å². The van der Waals surface area contributed by atoms with Gasteiger partial charge in [-0.25, -0.2) is 0 Å². The molecule has 0 saturated carbocycles. The topological polar surface area (TPSA) is 41.6 Å². The number of aryl methyl sites for hydroxylation is 1. The second-order valence-electron chi connectivity index (χ2n) is 1.01. The molecule has 1 N–H and O–H groups in total. The Bertz CT molecular complexity index is 142. The summed E-state index contributed by atoms with van der Waals surface area (Å²) in [6, 6.07) is 0. The molecule has 1 rings (SSSR count). The average molecular weight is 84.1 g/mol. The minimum Gasteiger partial charge on any atom is -0.332 e. The molecule has 0 radical (unpaired) electrons. The van der Waals surface area contributed by atoms with E-state index in [1.54, 1.807) is 6.92 Å². The van der Waals surface area contributed by atoms with E-state index in [1.165, 1.54) is 6.33 Å². The molecule has 0 spiro atoms. The zero-order valence-electron chi connectivity index (χ0n) is 4.42. The zero-order chi connectivity index (χ0) is 5.28. The van der Waals surface area contributed by atoms with Gasteiger partial charge in [0.1, 0.15) is 12.2 Å². The Balaban J connectivity index is 3.12. The maximum atomic E-state index is 6.89. The van der Waals surface area contributed by atoms with Gasteiger partial charge in [0.25, 0.3) is 0 Å². The van der Waals surface area contributed by atoms with Gasteiger partial charge in [-0.2, -0.15) is 0 Å². The molecule has 1 heterocycles. The first kappa shape index (κ1) is 2.34. The maximum Gasteiger partial charge on any atom is 0.169 e. The molecule has 1 aromatic heterocycles. The number of H-pyrrole nitrogens is 1. The third kappa shape index (κ3) is 0.381. The first-order chi connectivity index (χ1) is 3.30. The van der Waals surface area contributed by atoms with Crippen molar-refractivity contribution in [1.29, 1.82) is 0 Å². The molecule has 32 valence electrons. The number of rotatable bonds is 0. The zero-order valence-corrected chi connectivity index (χ0v) is 3.42. The minimum atomic E-state index is 0.611. The molecule has 3 heteroatoms. The summed E-state index contributed by atoms with van der Waals surface area (Å²) in [6.07, 6.45) is 1.34. The fraction of sp³-hybridized carbons (Fsp3) is 0.333. The van der Waals surface area contributed by atoms with Gasteiger partial charge in [0, 0.05) is 0 Å². The highest BCUT2D eigenvalue weighted by Crippen LogP contribution is 1.73. The highest BCUT2D eigenvalue weighted by atomic mass is 15.2. The van der Waals surface area contributed by atoms with Crippen molar-refractivity contribution < 1.29 is 1.41 Å². The highest BCUT2D eigenvalue weighted by Gasteiger charge is 1.75. The first-order valence-electron chi connectivity index (χ1n) is 2.11. The molecule has 0 aliphatic carbocycles. The van der Waals surface area contributed by atoms with Crippen LogP contribution < -0.4 is 0 Å². The molecule has 0 aliphatic rings. The number of hydrogen-bond donors (Lipinski definition) is 1.